The van der Waals surface area contributed by atoms with E-state index in [1.165, 1.54) is 0 Å². The van der Waals surface area contributed by atoms with Gasteiger partial charge >= 0.3 is 6.01 Å². The quantitative estimate of drug-likeness (QED) is 0.673. The summed E-state index contributed by atoms with van der Waals surface area (Å²) in [6, 6.07) is 5.71. The maximum absolute atomic E-state index is 12.8. The number of aryl methyl sites for hydroxylation is 1. The first kappa shape index (κ1) is 18.1. The summed E-state index contributed by atoms with van der Waals surface area (Å²) in [5.74, 6) is 0.632. The van der Waals surface area contributed by atoms with Gasteiger partial charge in [0.05, 0.1) is 6.61 Å². The van der Waals surface area contributed by atoms with Crippen LogP contribution >= 0.6 is 0 Å². The van der Waals surface area contributed by atoms with Crippen molar-refractivity contribution in [2.45, 2.75) is 19.8 Å². The van der Waals surface area contributed by atoms with Gasteiger partial charge in [-0.25, -0.2) is 9.97 Å². The Morgan fingerprint density at radius 3 is 2.96 bits per heavy atom. The van der Waals surface area contributed by atoms with Gasteiger partial charge in [0.2, 0.25) is 0 Å². The van der Waals surface area contributed by atoms with Crippen LogP contribution in [0, 0.1) is 12.8 Å². The van der Waals surface area contributed by atoms with E-state index in [0.717, 1.165) is 24.0 Å². The third-order valence-electron chi connectivity index (χ3n) is 4.69. The van der Waals surface area contributed by atoms with Crippen molar-refractivity contribution in [2.75, 3.05) is 19.7 Å². The number of piperidine rings is 1. The Balaban J connectivity index is 1.37. The largest absolute Gasteiger partial charge is 0.463 e. The molecule has 0 saturated carbocycles. The van der Waals surface area contributed by atoms with Gasteiger partial charge in [-0.1, -0.05) is 5.16 Å². The highest BCUT2D eigenvalue weighted by Crippen LogP contribution is 2.22. The van der Waals surface area contributed by atoms with E-state index < -0.39 is 0 Å². The molecule has 3 aromatic heterocycles. The molecule has 1 fully saturated rings. The highest BCUT2D eigenvalue weighted by atomic mass is 16.5. The second-order valence-electron chi connectivity index (χ2n) is 6.93. The van der Waals surface area contributed by atoms with Crippen LogP contribution in [0.4, 0.5) is 0 Å². The average Bonchev–Trinajstić information content (AvgIpc) is 3.24. The molecule has 3 aromatic rings. The van der Waals surface area contributed by atoms with Gasteiger partial charge < -0.3 is 14.2 Å². The van der Waals surface area contributed by atoms with Crippen LogP contribution in [0.25, 0.3) is 11.3 Å². The van der Waals surface area contributed by atoms with E-state index >= 15 is 0 Å². The molecule has 4 rings (SSSR count). The number of rotatable bonds is 5. The Morgan fingerprint density at radius 1 is 1.32 bits per heavy atom. The fourth-order valence-electron chi connectivity index (χ4n) is 3.22. The van der Waals surface area contributed by atoms with Gasteiger partial charge in [0.15, 0.2) is 11.5 Å². The van der Waals surface area contributed by atoms with Gasteiger partial charge in [-0.3, -0.25) is 9.78 Å². The summed E-state index contributed by atoms with van der Waals surface area (Å²) in [6.07, 6.45) is 8.73. The van der Waals surface area contributed by atoms with Crippen LogP contribution in [0.2, 0.25) is 0 Å². The molecule has 144 valence electrons. The molecule has 1 aliphatic rings. The molecule has 1 saturated heterocycles. The molecule has 4 heterocycles. The Hall–Kier alpha value is -3.29. The lowest BCUT2D eigenvalue weighted by atomic mass is 9.98. The summed E-state index contributed by atoms with van der Waals surface area (Å²) in [6.45, 7) is 3.72. The van der Waals surface area contributed by atoms with E-state index in [1.807, 2.05) is 19.1 Å². The predicted octanol–water partition coefficient (Wildman–Crippen LogP) is 2.77. The molecule has 8 nitrogen and oxygen atoms in total. The third kappa shape index (κ3) is 4.16. The molecule has 28 heavy (non-hydrogen) atoms. The molecule has 0 bridgehead atoms. The monoisotopic (exact) mass is 379 g/mol. The second-order valence-corrected chi connectivity index (χ2v) is 6.93. The molecule has 0 aliphatic carbocycles. The first-order valence-corrected chi connectivity index (χ1v) is 9.27. The van der Waals surface area contributed by atoms with Crippen molar-refractivity contribution in [1.82, 2.24) is 25.0 Å². The van der Waals surface area contributed by atoms with Crippen molar-refractivity contribution in [2.24, 2.45) is 5.92 Å². The average molecular weight is 379 g/mol. The number of hydrogen-bond acceptors (Lipinski definition) is 7. The molecule has 1 unspecified atom stereocenters. The van der Waals surface area contributed by atoms with Crippen LogP contribution in [0.3, 0.4) is 0 Å². The second kappa shape index (κ2) is 8.16. The summed E-state index contributed by atoms with van der Waals surface area (Å²) < 4.78 is 11.0. The lowest BCUT2D eigenvalue weighted by molar-refractivity contribution is 0.0618. The van der Waals surface area contributed by atoms with E-state index in [4.69, 9.17) is 9.26 Å². The zero-order valence-corrected chi connectivity index (χ0v) is 15.6. The fourth-order valence-corrected chi connectivity index (χ4v) is 3.22. The standard InChI is InChI=1S/C20H21N5O3/c1-14-9-22-20(23-10-14)27-13-15-4-3-7-25(12-15)19(26)17-8-18(28-24-17)16-5-2-6-21-11-16/h2,5-6,8-11,15H,3-4,7,12-13H2,1H3. The number of pyridine rings is 1. The highest BCUT2D eigenvalue weighted by molar-refractivity contribution is 5.93. The van der Waals surface area contributed by atoms with Crippen molar-refractivity contribution in [3.63, 3.8) is 0 Å². The van der Waals surface area contributed by atoms with Crippen molar-refractivity contribution in [3.8, 4) is 17.3 Å². The summed E-state index contributed by atoms with van der Waals surface area (Å²) in [5, 5.41) is 3.95. The highest BCUT2D eigenvalue weighted by Gasteiger charge is 2.27. The van der Waals surface area contributed by atoms with Crippen LogP contribution in [0.15, 0.2) is 47.5 Å². The van der Waals surface area contributed by atoms with Gasteiger partial charge in [-0.2, -0.15) is 0 Å². The Bertz CT molecular complexity index is 927. The van der Waals surface area contributed by atoms with Crippen LogP contribution in [0.1, 0.15) is 28.9 Å². The van der Waals surface area contributed by atoms with E-state index in [2.05, 4.69) is 20.1 Å². The zero-order valence-electron chi connectivity index (χ0n) is 15.6. The molecule has 0 N–H and O–H groups in total. The molecule has 1 atom stereocenters. The van der Waals surface area contributed by atoms with Gasteiger partial charge in [-0.05, 0) is 37.5 Å². The number of likely N-dealkylation sites (tertiary alicyclic amines) is 1. The summed E-state index contributed by atoms with van der Waals surface area (Å²) in [5.41, 5.74) is 2.08. The van der Waals surface area contributed by atoms with E-state index in [-0.39, 0.29) is 11.8 Å². The Morgan fingerprint density at radius 2 is 2.18 bits per heavy atom. The summed E-state index contributed by atoms with van der Waals surface area (Å²) in [7, 11) is 0. The van der Waals surface area contributed by atoms with Gasteiger partial charge in [0, 0.05) is 55.4 Å². The predicted molar refractivity (Wildman–Crippen MR) is 101 cm³/mol. The maximum atomic E-state index is 12.8. The lowest BCUT2D eigenvalue weighted by Crippen LogP contribution is -2.41. The lowest BCUT2D eigenvalue weighted by Gasteiger charge is -2.31. The van der Waals surface area contributed by atoms with E-state index in [1.54, 1.807) is 35.8 Å². The number of amides is 1. The number of carbonyl (C=O) groups is 1. The minimum absolute atomic E-state index is 0.129. The smallest absolute Gasteiger partial charge is 0.316 e. The SMILES string of the molecule is Cc1cnc(OCC2CCCN(C(=O)c3cc(-c4cccnc4)on3)C2)nc1. The number of carbonyl (C=O) groups excluding carboxylic acids is 1. The Kier molecular flexibility index (Phi) is 5.27. The summed E-state index contributed by atoms with van der Waals surface area (Å²) >= 11 is 0. The number of hydrogen-bond donors (Lipinski definition) is 0. The van der Waals surface area contributed by atoms with Crippen LogP contribution in [0.5, 0.6) is 6.01 Å². The van der Waals surface area contributed by atoms with Crippen molar-refractivity contribution in [3.05, 3.63) is 54.2 Å². The fraction of sp³-hybridized carbons (Fsp3) is 0.350. The minimum Gasteiger partial charge on any atom is -0.463 e. The molecule has 1 aliphatic heterocycles. The third-order valence-corrected chi connectivity index (χ3v) is 4.69. The molecule has 0 radical (unpaired) electrons. The molecule has 1 amide bonds. The van der Waals surface area contributed by atoms with Crippen molar-refractivity contribution >= 4 is 5.91 Å². The topological polar surface area (TPSA) is 94.2 Å². The normalized spacial score (nSPS) is 16.8. The van der Waals surface area contributed by atoms with Gasteiger partial charge in [-0.15, -0.1) is 0 Å². The Labute approximate surface area is 162 Å². The molecule has 0 aromatic carbocycles. The van der Waals surface area contributed by atoms with Crippen LogP contribution < -0.4 is 4.74 Å². The van der Waals surface area contributed by atoms with Crippen LogP contribution in [-0.2, 0) is 0 Å². The van der Waals surface area contributed by atoms with E-state index in [0.29, 0.717) is 37.2 Å². The van der Waals surface area contributed by atoms with Gasteiger partial charge in [0.1, 0.15) is 0 Å². The first-order valence-electron chi connectivity index (χ1n) is 9.27. The number of nitrogens with zero attached hydrogens (tertiary/aromatic N) is 5. The van der Waals surface area contributed by atoms with Crippen molar-refractivity contribution in [1.29, 1.82) is 0 Å². The minimum atomic E-state index is -0.129. The zero-order chi connectivity index (χ0) is 19.3. The maximum Gasteiger partial charge on any atom is 0.316 e. The van der Waals surface area contributed by atoms with Crippen molar-refractivity contribution < 1.29 is 14.1 Å². The number of ether oxygens (including phenoxy) is 1. The molecular weight excluding hydrogens is 358 g/mol. The van der Waals surface area contributed by atoms with Crippen LogP contribution in [-0.4, -0.2) is 50.6 Å². The summed E-state index contributed by atoms with van der Waals surface area (Å²) in [4.78, 5) is 27.0. The molecular formula is C20H21N5O3. The number of aromatic nitrogens is 4. The first-order chi connectivity index (χ1) is 13.7. The molecule has 8 heteroatoms. The van der Waals surface area contributed by atoms with E-state index in [9.17, 15) is 4.79 Å². The molecule has 0 spiro atoms. The van der Waals surface area contributed by atoms with Gasteiger partial charge in [0.25, 0.3) is 5.91 Å².